The van der Waals surface area contributed by atoms with Gasteiger partial charge in [-0.25, -0.2) is 4.79 Å². The van der Waals surface area contributed by atoms with Crippen LogP contribution in [0.25, 0.3) is 0 Å². The monoisotopic (exact) mass is 349 g/mol. The highest BCUT2D eigenvalue weighted by atomic mass is 16.6. The fourth-order valence-electron chi connectivity index (χ4n) is 2.75. The molecule has 3 amide bonds. The first-order chi connectivity index (χ1) is 11.7. The number of anilines is 1. The van der Waals surface area contributed by atoms with Crippen LogP contribution < -0.4 is 4.90 Å². The largest absolute Gasteiger partial charge is 0.377 e. The summed E-state index contributed by atoms with van der Waals surface area (Å²) >= 11 is 0. The first-order valence-electron chi connectivity index (χ1n) is 7.93. The van der Waals surface area contributed by atoms with Crippen LogP contribution in [-0.2, 0) is 0 Å². The summed E-state index contributed by atoms with van der Waals surface area (Å²) in [6.45, 7) is 1.67. The Bertz CT molecular complexity index is 681. The van der Waals surface area contributed by atoms with Crippen molar-refractivity contribution in [1.82, 2.24) is 14.7 Å². The van der Waals surface area contributed by atoms with E-state index in [1.165, 1.54) is 17.0 Å². The van der Waals surface area contributed by atoms with E-state index in [2.05, 4.69) is 0 Å². The smallest absolute Gasteiger partial charge is 0.319 e. The Morgan fingerprint density at radius 3 is 2.08 bits per heavy atom. The van der Waals surface area contributed by atoms with Crippen LogP contribution in [0, 0.1) is 10.1 Å². The quantitative estimate of drug-likeness (QED) is 0.602. The third-order valence-corrected chi connectivity index (χ3v) is 4.12. The van der Waals surface area contributed by atoms with Crippen LogP contribution >= 0.6 is 0 Å². The summed E-state index contributed by atoms with van der Waals surface area (Å²) in [5.74, 6) is -0.260. The summed E-state index contributed by atoms with van der Waals surface area (Å²) in [5.41, 5.74) is 0.810. The normalized spacial score (nSPS) is 14.2. The lowest BCUT2D eigenvalue weighted by molar-refractivity contribution is -0.384. The molecule has 0 aliphatic carbocycles. The van der Waals surface area contributed by atoms with Gasteiger partial charge in [0, 0.05) is 72.2 Å². The molecule has 0 saturated carbocycles. The van der Waals surface area contributed by atoms with E-state index in [0.717, 1.165) is 0 Å². The second kappa shape index (κ2) is 7.37. The van der Waals surface area contributed by atoms with E-state index in [1.807, 2.05) is 0 Å². The number of benzene rings is 1. The summed E-state index contributed by atoms with van der Waals surface area (Å²) in [6, 6.07) is 4.20. The molecule has 0 bridgehead atoms. The van der Waals surface area contributed by atoms with Gasteiger partial charge in [0.15, 0.2) is 0 Å². The molecule has 136 valence electrons. The molecule has 0 N–H and O–H groups in total. The molecule has 0 unspecified atom stereocenters. The molecule has 1 aromatic rings. The maximum absolute atomic E-state index is 12.9. The SMILES string of the molecule is CN(C)C(=O)N1CCN(C(=O)c2cc([N+](=O)[O-])ccc2N(C)C)CC1. The summed E-state index contributed by atoms with van der Waals surface area (Å²) in [5, 5.41) is 11.0. The van der Waals surface area contributed by atoms with Gasteiger partial charge >= 0.3 is 6.03 Å². The van der Waals surface area contributed by atoms with E-state index in [1.54, 1.807) is 49.0 Å². The lowest BCUT2D eigenvalue weighted by Gasteiger charge is -2.36. The fourth-order valence-corrected chi connectivity index (χ4v) is 2.75. The van der Waals surface area contributed by atoms with Crippen molar-refractivity contribution in [2.24, 2.45) is 0 Å². The van der Waals surface area contributed by atoms with Crippen molar-refractivity contribution in [3.05, 3.63) is 33.9 Å². The van der Waals surface area contributed by atoms with Gasteiger partial charge in [-0.1, -0.05) is 0 Å². The Morgan fingerprint density at radius 1 is 1.04 bits per heavy atom. The Labute approximate surface area is 146 Å². The predicted octanol–water partition coefficient (Wildman–Crippen LogP) is 1.10. The lowest BCUT2D eigenvalue weighted by Crippen LogP contribution is -2.53. The third kappa shape index (κ3) is 3.98. The van der Waals surface area contributed by atoms with Crippen molar-refractivity contribution in [3.63, 3.8) is 0 Å². The topological polar surface area (TPSA) is 90.2 Å². The average Bonchev–Trinajstić information content (AvgIpc) is 2.59. The Balaban J connectivity index is 2.19. The van der Waals surface area contributed by atoms with Gasteiger partial charge in [-0.05, 0) is 6.07 Å². The number of nitro groups is 1. The Morgan fingerprint density at radius 2 is 1.60 bits per heavy atom. The van der Waals surface area contributed by atoms with Crippen LogP contribution in [0.3, 0.4) is 0 Å². The van der Waals surface area contributed by atoms with E-state index in [9.17, 15) is 19.7 Å². The molecule has 0 aromatic heterocycles. The molecular formula is C16H23N5O4. The number of amides is 3. The van der Waals surface area contributed by atoms with Gasteiger partial charge in [0.2, 0.25) is 0 Å². The molecule has 1 aromatic carbocycles. The van der Waals surface area contributed by atoms with Gasteiger partial charge in [-0.2, -0.15) is 0 Å². The third-order valence-electron chi connectivity index (χ3n) is 4.12. The number of hydrogen-bond acceptors (Lipinski definition) is 5. The van der Waals surface area contributed by atoms with Gasteiger partial charge in [-0.3, -0.25) is 14.9 Å². The van der Waals surface area contributed by atoms with Gasteiger partial charge in [-0.15, -0.1) is 0 Å². The molecule has 1 aliphatic heterocycles. The van der Waals surface area contributed by atoms with Crippen LogP contribution in [0.5, 0.6) is 0 Å². The summed E-state index contributed by atoms with van der Waals surface area (Å²) in [7, 11) is 6.94. The second-order valence-corrected chi connectivity index (χ2v) is 6.31. The van der Waals surface area contributed by atoms with Crippen LogP contribution in [0.1, 0.15) is 10.4 Å². The number of rotatable bonds is 3. The molecule has 0 atom stereocenters. The second-order valence-electron chi connectivity index (χ2n) is 6.31. The molecule has 1 saturated heterocycles. The highest BCUT2D eigenvalue weighted by molar-refractivity contribution is 6.00. The summed E-state index contributed by atoms with van der Waals surface area (Å²) in [6.07, 6.45) is 0. The van der Waals surface area contributed by atoms with E-state index >= 15 is 0 Å². The van der Waals surface area contributed by atoms with E-state index in [4.69, 9.17) is 0 Å². The van der Waals surface area contributed by atoms with Gasteiger partial charge in [0.1, 0.15) is 0 Å². The molecule has 9 heteroatoms. The highest BCUT2D eigenvalue weighted by Crippen LogP contribution is 2.26. The molecule has 0 spiro atoms. The molecule has 9 nitrogen and oxygen atoms in total. The van der Waals surface area contributed by atoms with Crippen molar-refractivity contribution >= 4 is 23.3 Å². The zero-order chi connectivity index (χ0) is 18.7. The molecule has 1 aliphatic rings. The number of urea groups is 1. The summed E-state index contributed by atoms with van der Waals surface area (Å²) in [4.78, 5) is 41.9. The zero-order valence-electron chi connectivity index (χ0n) is 14.9. The molecule has 1 fully saturated rings. The van der Waals surface area contributed by atoms with E-state index in [-0.39, 0.29) is 17.6 Å². The van der Waals surface area contributed by atoms with Crippen LogP contribution in [0.2, 0.25) is 0 Å². The van der Waals surface area contributed by atoms with Gasteiger partial charge in [0.05, 0.1) is 10.5 Å². The minimum atomic E-state index is -0.510. The molecule has 0 radical (unpaired) electrons. The first-order valence-corrected chi connectivity index (χ1v) is 7.93. The predicted molar refractivity (Wildman–Crippen MR) is 94.0 cm³/mol. The molecule has 2 rings (SSSR count). The minimum absolute atomic E-state index is 0.0866. The molecule has 25 heavy (non-hydrogen) atoms. The number of hydrogen-bond donors (Lipinski definition) is 0. The Hall–Kier alpha value is -2.84. The van der Waals surface area contributed by atoms with Gasteiger partial charge < -0.3 is 19.6 Å². The minimum Gasteiger partial charge on any atom is -0.377 e. The van der Waals surface area contributed by atoms with Crippen molar-refractivity contribution in [2.75, 3.05) is 59.3 Å². The number of nitro benzene ring substituents is 1. The van der Waals surface area contributed by atoms with Crippen molar-refractivity contribution < 1.29 is 14.5 Å². The number of carbonyl (C=O) groups is 2. The Kier molecular flexibility index (Phi) is 5.45. The maximum atomic E-state index is 12.9. The highest BCUT2D eigenvalue weighted by Gasteiger charge is 2.28. The zero-order valence-corrected chi connectivity index (χ0v) is 14.9. The standard InChI is InChI=1S/C16H23N5O4/c1-17(2)14-6-5-12(21(24)25)11-13(14)15(22)19-7-9-20(10-8-19)16(23)18(3)4/h5-6,11H,7-10H2,1-4H3. The van der Waals surface area contributed by atoms with Crippen molar-refractivity contribution in [2.45, 2.75) is 0 Å². The van der Waals surface area contributed by atoms with Gasteiger partial charge in [0.25, 0.3) is 11.6 Å². The summed E-state index contributed by atoms with van der Waals surface area (Å²) < 4.78 is 0. The van der Waals surface area contributed by atoms with E-state index in [0.29, 0.717) is 37.4 Å². The van der Waals surface area contributed by atoms with Crippen LogP contribution in [0.15, 0.2) is 18.2 Å². The molecular weight excluding hydrogens is 326 g/mol. The first kappa shape index (κ1) is 18.5. The fraction of sp³-hybridized carbons (Fsp3) is 0.500. The average molecular weight is 349 g/mol. The molecule has 1 heterocycles. The van der Waals surface area contributed by atoms with E-state index < -0.39 is 4.92 Å². The van der Waals surface area contributed by atoms with Crippen LogP contribution in [0.4, 0.5) is 16.2 Å². The lowest BCUT2D eigenvalue weighted by atomic mass is 10.1. The van der Waals surface area contributed by atoms with Crippen molar-refractivity contribution in [1.29, 1.82) is 0 Å². The van der Waals surface area contributed by atoms with Crippen molar-refractivity contribution in [3.8, 4) is 0 Å². The number of carbonyl (C=O) groups excluding carboxylic acids is 2. The van der Waals surface area contributed by atoms with Crippen LogP contribution in [-0.4, -0.2) is 85.9 Å². The number of non-ortho nitro benzene ring substituents is 1. The maximum Gasteiger partial charge on any atom is 0.319 e. The number of nitrogens with zero attached hydrogens (tertiary/aromatic N) is 5. The number of piperazine rings is 1.